The lowest BCUT2D eigenvalue weighted by Gasteiger charge is -2.39. The lowest BCUT2D eigenvalue weighted by atomic mass is 9.90. The van der Waals surface area contributed by atoms with Crippen LogP contribution in [0.1, 0.15) is 22.0 Å². The maximum atomic E-state index is 13.4. The maximum absolute atomic E-state index is 13.4. The molecule has 1 fully saturated rings. The van der Waals surface area contributed by atoms with E-state index in [1.54, 1.807) is 38.0 Å². The smallest absolute Gasteiger partial charge is 0.236 e. The third kappa shape index (κ3) is 4.45. The summed E-state index contributed by atoms with van der Waals surface area (Å²) in [5.41, 5.74) is 2.43. The number of rotatable bonds is 6. The van der Waals surface area contributed by atoms with E-state index in [9.17, 15) is 4.79 Å². The van der Waals surface area contributed by atoms with Crippen molar-refractivity contribution in [3.8, 4) is 11.5 Å². The van der Waals surface area contributed by atoms with Gasteiger partial charge in [-0.2, -0.15) is 0 Å². The first-order chi connectivity index (χ1) is 16.7. The molecule has 8 nitrogen and oxygen atoms in total. The molecule has 9 heteroatoms. The summed E-state index contributed by atoms with van der Waals surface area (Å²) in [6.45, 7) is 4.03. The Kier molecular flexibility index (Phi) is 6.64. The second-order valence-electron chi connectivity index (χ2n) is 8.46. The highest BCUT2D eigenvalue weighted by molar-refractivity contribution is 7.10. The van der Waals surface area contributed by atoms with E-state index in [1.165, 1.54) is 16.0 Å². The number of aromatic nitrogens is 2. The normalized spacial score (nSPS) is 18.5. The molecule has 3 aromatic rings. The minimum atomic E-state index is 0.0199. The van der Waals surface area contributed by atoms with Crippen LogP contribution < -0.4 is 14.4 Å². The van der Waals surface area contributed by atoms with Crippen LogP contribution >= 0.6 is 11.3 Å². The Balaban J connectivity index is 1.33. The summed E-state index contributed by atoms with van der Waals surface area (Å²) in [5.74, 6) is 2.36. The van der Waals surface area contributed by atoms with Gasteiger partial charge in [0.05, 0.1) is 26.8 Å². The SMILES string of the molecule is COc1cc2c(cc1OC)C(c1cccs1)N(CC(=O)N1CCN(c3ncccn3)CC1)CC2. The molecule has 178 valence electrons. The molecule has 2 aliphatic rings. The number of fused-ring (bicyclic) bond motifs is 1. The number of carbonyl (C=O) groups excluding carboxylic acids is 1. The maximum Gasteiger partial charge on any atom is 0.236 e. The van der Waals surface area contributed by atoms with Crippen LogP contribution in [0.4, 0.5) is 5.95 Å². The molecule has 0 saturated carbocycles. The van der Waals surface area contributed by atoms with Gasteiger partial charge in [-0.15, -0.1) is 11.3 Å². The van der Waals surface area contributed by atoms with Crippen molar-refractivity contribution >= 4 is 23.2 Å². The molecule has 34 heavy (non-hydrogen) atoms. The third-order valence-electron chi connectivity index (χ3n) is 6.59. The van der Waals surface area contributed by atoms with Gasteiger partial charge in [0.2, 0.25) is 11.9 Å². The van der Waals surface area contributed by atoms with Crippen molar-refractivity contribution in [2.75, 3.05) is 58.4 Å². The number of piperazine rings is 1. The van der Waals surface area contributed by atoms with E-state index in [-0.39, 0.29) is 11.9 Å². The number of thiophene rings is 1. The molecule has 1 aromatic carbocycles. The first kappa shape index (κ1) is 22.6. The van der Waals surface area contributed by atoms with Crippen LogP contribution in [0.15, 0.2) is 48.1 Å². The average Bonchev–Trinajstić information content (AvgIpc) is 3.43. The summed E-state index contributed by atoms with van der Waals surface area (Å²) < 4.78 is 11.1. The lowest BCUT2D eigenvalue weighted by molar-refractivity contribution is -0.133. The van der Waals surface area contributed by atoms with Crippen molar-refractivity contribution in [1.82, 2.24) is 19.8 Å². The van der Waals surface area contributed by atoms with Gasteiger partial charge in [-0.3, -0.25) is 9.69 Å². The highest BCUT2D eigenvalue weighted by Crippen LogP contribution is 2.42. The van der Waals surface area contributed by atoms with Gasteiger partial charge in [-0.25, -0.2) is 9.97 Å². The Bertz CT molecular complexity index is 1120. The Morgan fingerprint density at radius 2 is 1.76 bits per heavy atom. The van der Waals surface area contributed by atoms with Crippen molar-refractivity contribution in [2.45, 2.75) is 12.5 Å². The van der Waals surface area contributed by atoms with Crippen LogP contribution in [-0.2, 0) is 11.2 Å². The molecular formula is C25H29N5O3S. The molecule has 1 saturated heterocycles. The lowest BCUT2D eigenvalue weighted by Crippen LogP contribution is -2.52. The number of nitrogens with zero attached hydrogens (tertiary/aromatic N) is 5. The molecule has 0 aliphatic carbocycles. The van der Waals surface area contributed by atoms with Crippen molar-refractivity contribution in [3.05, 3.63) is 64.1 Å². The number of anilines is 1. The van der Waals surface area contributed by atoms with Gasteiger partial charge in [-0.05, 0) is 47.2 Å². The minimum Gasteiger partial charge on any atom is -0.493 e. The first-order valence-electron chi connectivity index (χ1n) is 11.5. The average molecular weight is 480 g/mol. The van der Waals surface area contributed by atoms with E-state index in [2.05, 4.69) is 49.4 Å². The van der Waals surface area contributed by atoms with Crippen molar-refractivity contribution in [2.24, 2.45) is 0 Å². The summed E-state index contributed by atoms with van der Waals surface area (Å²) in [7, 11) is 3.33. The summed E-state index contributed by atoms with van der Waals surface area (Å²) in [6.07, 6.45) is 4.37. The van der Waals surface area contributed by atoms with E-state index in [1.807, 2.05) is 11.0 Å². The Morgan fingerprint density at radius 1 is 1.03 bits per heavy atom. The van der Waals surface area contributed by atoms with Gasteiger partial charge in [0.25, 0.3) is 0 Å². The fraction of sp³-hybridized carbons (Fsp3) is 0.400. The number of benzene rings is 1. The van der Waals surface area contributed by atoms with Gasteiger partial charge >= 0.3 is 0 Å². The molecule has 0 N–H and O–H groups in total. The second-order valence-corrected chi connectivity index (χ2v) is 9.44. The molecule has 1 unspecified atom stereocenters. The van der Waals surface area contributed by atoms with Crippen LogP contribution in [0, 0.1) is 0 Å². The number of hydrogen-bond donors (Lipinski definition) is 0. The van der Waals surface area contributed by atoms with Gasteiger partial charge in [-0.1, -0.05) is 6.07 Å². The van der Waals surface area contributed by atoms with Gasteiger partial charge in [0.15, 0.2) is 11.5 Å². The Hall–Kier alpha value is -3.17. The summed E-state index contributed by atoms with van der Waals surface area (Å²) >= 11 is 1.72. The molecule has 1 atom stereocenters. The standard InChI is InChI=1S/C25H29N5O3S/c1-32-20-15-18-6-9-30(24(22-5-3-14-34-22)19(18)16-21(20)33-2)17-23(31)28-10-12-29(13-11-28)25-26-7-4-8-27-25/h3-5,7-8,14-16,24H,6,9-13,17H2,1-2H3. The zero-order valence-corrected chi connectivity index (χ0v) is 20.3. The quantitative estimate of drug-likeness (QED) is 0.538. The van der Waals surface area contributed by atoms with Gasteiger partial charge in [0.1, 0.15) is 0 Å². The van der Waals surface area contributed by atoms with Crippen LogP contribution in [0.5, 0.6) is 11.5 Å². The number of ether oxygens (including phenoxy) is 2. The number of hydrogen-bond acceptors (Lipinski definition) is 8. The number of carbonyl (C=O) groups is 1. The first-order valence-corrected chi connectivity index (χ1v) is 12.4. The Labute approximate surface area is 203 Å². The highest BCUT2D eigenvalue weighted by Gasteiger charge is 2.33. The zero-order valence-electron chi connectivity index (χ0n) is 19.5. The molecule has 2 aromatic heterocycles. The van der Waals surface area contributed by atoms with Crippen LogP contribution in [0.25, 0.3) is 0 Å². The minimum absolute atomic E-state index is 0.0199. The summed E-state index contributed by atoms with van der Waals surface area (Å²) in [5, 5.41) is 2.09. The monoisotopic (exact) mass is 479 g/mol. The van der Waals surface area contributed by atoms with Gasteiger partial charge < -0.3 is 19.3 Å². The van der Waals surface area contributed by atoms with Crippen LogP contribution in [0.3, 0.4) is 0 Å². The molecule has 0 radical (unpaired) electrons. The summed E-state index contributed by atoms with van der Waals surface area (Å²) in [4.78, 5) is 29.7. The van der Waals surface area contributed by atoms with Crippen molar-refractivity contribution in [1.29, 1.82) is 0 Å². The van der Waals surface area contributed by atoms with E-state index >= 15 is 0 Å². The topological polar surface area (TPSA) is 71.0 Å². The fourth-order valence-electron chi connectivity index (χ4n) is 4.83. The van der Waals surface area contributed by atoms with E-state index < -0.39 is 0 Å². The van der Waals surface area contributed by atoms with E-state index in [0.29, 0.717) is 19.6 Å². The largest absolute Gasteiger partial charge is 0.493 e. The molecule has 5 rings (SSSR count). The molecule has 4 heterocycles. The summed E-state index contributed by atoms with van der Waals surface area (Å²) in [6, 6.07) is 10.2. The number of methoxy groups -OCH3 is 2. The molecule has 0 bridgehead atoms. The predicted octanol–water partition coefficient (Wildman–Crippen LogP) is 2.85. The fourth-order valence-corrected chi connectivity index (χ4v) is 5.71. The third-order valence-corrected chi connectivity index (χ3v) is 7.52. The van der Waals surface area contributed by atoms with Crippen molar-refractivity contribution in [3.63, 3.8) is 0 Å². The number of amides is 1. The highest BCUT2D eigenvalue weighted by atomic mass is 32.1. The molecule has 0 spiro atoms. The van der Waals surface area contributed by atoms with Crippen LogP contribution in [-0.4, -0.2) is 79.2 Å². The van der Waals surface area contributed by atoms with E-state index in [0.717, 1.165) is 43.5 Å². The van der Waals surface area contributed by atoms with Crippen LogP contribution in [0.2, 0.25) is 0 Å². The second kappa shape index (κ2) is 9.99. The Morgan fingerprint density at radius 3 is 2.44 bits per heavy atom. The molecule has 2 aliphatic heterocycles. The zero-order chi connectivity index (χ0) is 23.5. The predicted molar refractivity (Wildman–Crippen MR) is 132 cm³/mol. The van der Waals surface area contributed by atoms with Crippen molar-refractivity contribution < 1.29 is 14.3 Å². The molecular weight excluding hydrogens is 450 g/mol. The van der Waals surface area contributed by atoms with Gasteiger partial charge in [0, 0.05) is 50.0 Å². The molecule has 1 amide bonds. The van der Waals surface area contributed by atoms with E-state index in [4.69, 9.17) is 9.47 Å².